The lowest BCUT2D eigenvalue weighted by Gasteiger charge is -2.39. The average molecular weight is 414 g/mol. The van der Waals surface area contributed by atoms with Gasteiger partial charge in [0.1, 0.15) is 11.6 Å². The Morgan fingerprint density at radius 2 is 2.14 bits per heavy atom. The molecule has 1 aliphatic heterocycles. The minimum atomic E-state index is -0.244. The molecule has 2 aromatic rings. The van der Waals surface area contributed by atoms with Crippen LogP contribution in [0.15, 0.2) is 36.5 Å². The SMILES string of the molecule is C#CCNC(=O)c1ccc(NCC2(c3cc(Cl)ccc3OC)CCOCC2)nc1. The highest BCUT2D eigenvalue weighted by Gasteiger charge is 2.37. The van der Waals surface area contributed by atoms with Crippen molar-refractivity contribution >= 4 is 23.3 Å². The molecule has 0 spiro atoms. The molecule has 1 fully saturated rings. The minimum Gasteiger partial charge on any atom is -0.496 e. The number of halogens is 1. The van der Waals surface area contributed by atoms with E-state index in [1.54, 1.807) is 19.2 Å². The molecule has 0 aliphatic carbocycles. The summed E-state index contributed by atoms with van der Waals surface area (Å²) in [6.45, 7) is 2.16. The Kier molecular flexibility index (Phi) is 6.97. The molecule has 0 unspecified atom stereocenters. The van der Waals surface area contributed by atoms with Crippen LogP contribution in [0.5, 0.6) is 5.75 Å². The van der Waals surface area contributed by atoms with Crippen LogP contribution in [0.25, 0.3) is 0 Å². The summed E-state index contributed by atoms with van der Waals surface area (Å²) in [6.07, 6.45) is 8.37. The molecule has 1 aliphatic rings. The molecular weight excluding hydrogens is 390 g/mol. The number of anilines is 1. The third kappa shape index (κ3) is 5.00. The Balaban J connectivity index is 1.78. The fourth-order valence-electron chi connectivity index (χ4n) is 3.52. The molecule has 2 N–H and O–H groups in total. The number of nitrogens with one attached hydrogen (secondary N) is 2. The number of pyridine rings is 1. The molecule has 29 heavy (non-hydrogen) atoms. The molecule has 1 amide bonds. The van der Waals surface area contributed by atoms with E-state index in [4.69, 9.17) is 27.5 Å². The predicted molar refractivity (Wildman–Crippen MR) is 114 cm³/mol. The number of carbonyl (C=O) groups excluding carboxylic acids is 1. The molecule has 6 nitrogen and oxygen atoms in total. The maximum absolute atomic E-state index is 12.0. The van der Waals surface area contributed by atoms with Crippen LogP contribution in [0.3, 0.4) is 0 Å². The summed E-state index contributed by atoms with van der Waals surface area (Å²) < 4.78 is 11.2. The van der Waals surface area contributed by atoms with Crippen LogP contribution in [0.1, 0.15) is 28.8 Å². The maximum Gasteiger partial charge on any atom is 0.253 e. The summed E-state index contributed by atoms with van der Waals surface area (Å²) in [4.78, 5) is 16.3. The van der Waals surface area contributed by atoms with Gasteiger partial charge in [-0.1, -0.05) is 17.5 Å². The number of hydrogen-bond acceptors (Lipinski definition) is 5. The van der Waals surface area contributed by atoms with Gasteiger partial charge in [-0.2, -0.15) is 0 Å². The highest BCUT2D eigenvalue weighted by atomic mass is 35.5. The van der Waals surface area contributed by atoms with Gasteiger partial charge in [0.2, 0.25) is 0 Å². The lowest BCUT2D eigenvalue weighted by Crippen LogP contribution is -2.40. The van der Waals surface area contributed by atoms with Crippen molar-refractivity contribution in [2.45, 2.75) is 18.3 Å². The molecule has 7 heteroatoms. The monoisotopic (exact) mass is 413 g/mol. The number of carbonyl (C=O) groups is 1. The Hall–Kier alpha value is -2.75. The fourth-order valence-corrected chi connectivity index (χ4v) is 3.70. The zero-order valence-electron chi connectivity index (χ0n) is 16.3. The predicted octanol–water partition coefficient (Wildman–Crippen LogP) is 3.27. The number of hydrogen-bond donors (Lipinski definition) is 2. The summed E-state index contributed by atoms with van der Waals surface area (Å²) in [5.41, 5.74) is 1.33. The van der Waals surface area contributed by atoms with Gasteiger partial charge < -0.3 is 20.1 Å². The molecule has 0 atom stereocenters. The van der Waals surface area contributed by atoms with Crippen LogP contribution >= 0.6 is 11.6 Å². The molecule has 152 valence electrons. The van der Waals surface area contributed by atoms with Gasteiger partial charge >= 0.3 is 0 Å². The van der Waals surface area contributed by atoms with E-state index in [2.05, 4.69) is 21.5 Å². The Bertz CT molecular complexity index is 887. The Labute approximate surface area is 176 Å². The number of nitrogens with zero attached hydrogens (tertiary/aromatic N) is 1. The van der Waals surface area contributed by atoms with Crippen LogP contribution in [0, 0.1) is 12.3 Å². The minimum absolute atomic E-state index is 0.185. The van der Waals surface area contributed by atoms with Gasteiger partial charge in [0.15, 0.2) is 0 Å². The van der Waals surface area contributed by atoms with E-state index in [-0.39, 0.29) is 17.9 Å². The Morgan fingerprint density at radius 1 is 1.34 bits per heavy atom. The van der Waals surface area contributed by atoms with Crippen molar-refractivity contribution in [3.8, 4) is 18.1 Å². The number of amides is 1. The first-order valence-electron chi connectivity index (χ1n) is 9.41. The molecule has 2 heterocycles. The van der Waals surface area contributed by atoms with Gasteiger partial charge in [-0.15, -0.1) is 6.42 Å². The first-order valence-corrected chi connectivity index (χ1v) is 9.79. The van der Waals surface area contributed by atoms with Crippen molar-refractivity contribution in [3.05, 3.63) is 52.7 Å². The van der Waals surface area contributed by atoms with Crippen molar-refractivity contribution < 1.29 is 14.3 Å². The number of methoxy groups -OCH3 is 1. The van der Waals surface area contributed by atoms with E-state index >= 15 is 0 Å². The second-order valence-corrected chi connectivity index (χ2v) is 7.35. The van der Waals surface area contributed by atoms with Gasteiger partial charge in [0.25, 0.3) is 5.91 Å². The van der Waals surface area contributed by atoms with Gasteiger partial charge in [0.05, 0.1) is 19.2 Å². The van der Waals surface area contributed by atoms with Crippen molar-refractivity contribution in [2.75, 3.05) is 38.7 Å². The maximum atomic E-state index is 12.0. The summed E-state index contributed by atoms with van der Waals surface area (Å²) in [7, 11) is 1.67. The third-order valence-electron chi connectivity index (χ3n) is 5.17. The normalized spacial score (nSPS) is 15.2. The smallest absolute Gasteiger partial charge is 0.253 e. The molecule has 3 rings (SSSR count). The summed E-state index contributed by atoms with van der Waals surface area (Å²) in [5.74, 6) is 3.63. The van der Waals surface area contributed by atoms with E-state index in [0.717, 1.165) is 24.2 Å². The van der Waals surface area contributed by atoms with Gasteiger partial charge in [0, 0.05) is 42.0 Å². The van der Waals surface area contributed by atoms with Gasteiger partial charge in [-0.05, 0) is 43.2 Å². The van der Waals surface area contributed by atoms with Crippen LogP contribution in [-0.2, 0) is 10.2 Å². The molecule has 0 bridgehead atoms. The van der Waals surface area contributed by atoms with Crippen molar-refractivity contribution in [3.63, 3.8) is 0 Å². The molecular formula is C22H24ClN3O3. The zero-order chi connectivity index (χ0) is 20.7. The zero-order valence-corrected chi connectivity index (χ0v) is 17.1. The number of terminal acetylenes is 1. The van der Waals surface area contributed by atoms with E-state index in [9.17, 15) is 4.79 Å². The number of rotatable bonds is 7. The third-order valence-corrected chi connectivity index (χ3v) is 5.40. The van der Waals surface area contributed by atoms with Crippen molar-refractivity contribution in [2.24, 2.45) is 0 Å². The molecule has 0 saturated carbocycles. The van der Waals surface area contributed by atoms with Crippen LogP contribution < -0.4 is 15.4 Å². The molecule has 0 radical (unpaired) electrons. The standard InChI is InChI=1S/C22H24ClN3O3/c1-3-10-24-21(27)16-4-7-20(25-14-16)26-15-22(8-11-29-12-9-22)18-13-17(23)5-6-19(18)28-2/h1,4-7,13-14H,8-12,15H2,2H3,(H,24,27)(H,25,26). The summed E-state index contributed by atoms with van der Waals surface area (Å²) in [6, 6.07) is 9.21. The van der Waals surface area contributed by atoms with E-state index in [1.165, 1.54) is 6.20 Å². The highest BCUT2D eigenvalue weighted by Crippen LogP contribution is 2.41. The highest BCUT2D eigenvalue weighted by molar-refractivity contribution is 6.30. The van der Waals surface area contributed by atoms with E-state index in [0.29, 0.717) is 36.2 Å². The van der Waals surface area contributed by atoms with Crippen LogP contribution in [-0.4, -0.2) is 44.3 Å². The van der Waals surface area contributed by atoms with Crippen molar-refractivity contribution in [1.82, 2.24) is 10.3 Å². The van der Waals surface area contributed by atoms with Crippen molar-refractivity contribution in [1.29, 1.82) is 0 Å². The number of aromatic nitrogens is 1. The second-order valence-electron chi connectivity index (χ2n) is 6.91. The molecule has 1 aromatic heterocycles. The second kappa shape index (κ2) is 9.64. The fraction of sp³-hybridized carbons (Fsp3) is 0.364. The first-order chi connectivity index (χ1) is 14.1. The van der Waals surface area contributed by atoms with Gasteiger partial charge in [-0.3, -0.25) is 4.79 Å². The molecule has 1 aromatic carbocycles. The molecule has 1 saturated heterocycles. The first kappa shape index (κ1) is 21.0. The average Bonchev–Trinajstić information content (AvgIpc) is 2.77. The largest absolute Gasteiger partial charge is 0.496 e. The topological polar surface area (TPSA) is 72.5 Å². The summed E-state index contributed by atoms with van der Waals surface area (Å²) in [5, 5.41) is 6.70. The van der Waals surface area contributed by atoms with E-state index in [1.807, 2.05) is 18.2 Å². The number of benzene rings is 1. The number of ether oxygens (including phenoxy) is 2. The lowest BCUT2D eigenvalue weighted by molar-refractivity contribution is 0.0535. The van der Waals surface area contributed by atoms with Gasteiger partial charge in [-0.25, -0.2) is 4.98 Å². The quantitative estimate of drug-likeness (QED) is 0.681. The lowest BCUT2D eigenvalue weighted by atomic mass is 9.73. The van der Waals surface area contributed by atoms with Crippen LogP contribution in [0.2, 0.25) is 5.02 Å². The van der Waals surface area contributed by atoms with E-state index < -0.39 is 0 Å². The summed E-state index contributed by atoms with van der Waals surface area (Å²) >= 11 is 6.29. The van der Waals surface area contributed by atoms with Crippen LogP contribution in [0.4, 0.5) is 5.82 Å². The Morgan fingerprint density at radius 3 is 2.79 bits per heavy atom.